The van der Waals surface area contributed by atoms with E-state index in [0.717, 1.165) is 61.3 Å². The summed E-state index contributed by atoms with van der Waals surface area (Å²) in [5.74, 6) is -0.0277. The van der Waals surface area contributed by atoms with Gasteiger partial charge < -0.3 is 5.11 Å². The highest BCUT2D eigenvalue weighted by Gasteiger charge is 2.25. The molecule has 0 amide bonds. The molecule has 0 aliphatic heterocycles. The zero-order chi connectivity index (χ0) is 49.4. The van der Waals surface area contributed by atoms with E-state index in [1.807, 2.05) is 62.4 Å². The molecule has 60 heavy (non-hydrogen) atoms. The number of fused-ring (bicyclic) bond motifs is 1. The fraction of sp³-hybridized carbons (Fsp3) is 0.250. The second kappa shape index (κ2) is 16.1. The van der Waals surface area contributed by atoms with E-state index in [2.05, 4.69) is 102 Å². The Kier molecular flexibility index (Phi) is 8.47. The Hall–Kier alpha value is -6.26. The quantitative estimate of drug-likeness (QED) is 0.158. The van der Waals surface area contributed by atoms with Gasteiger partial charge in [0.1, 0.15) is 11.6 Å². The number of phenols is 1. The van der Waals surface area contributed by atoms with E-state index in [4.69, 9.17) is 19.6 Å². The van der Waals surface area contributed by atoms with Crippen LogP contribution in [0.1, 0.15) is 119 Å². The zero-order valence-corrected chi connectivity index (χ0v) is 35.9. The Morgan fingerprint density at radius 1 is 0.650 bits per heavy atom. The summed E-state index contributed by atoms with van der Waals surface area (Å²) in [5, 5.41) is 12.3. The first-order chi connectivity index (χ1) is 31.8. The number of imidazole rings is 1. The third-order valence-corrected chi connectivity index (χ3v) is 11.3. The summed E-state index contributed by atoms with van der Waals surface area (Å²) in [5.41, 5.74) is 10.9. The van der Waals surface area contributed by atoms with Crippen molar-refractivity contribution in [3.8, 4) is 67.5 Å². The Bertz CT molecular complexity index is 3220. The van der Waals surface area contributed by atoms with Crippen LogP contribution < -0.4 is 0 Å². The van der Waals surface area contributed by atoms with Crippen LogP contribution in [-0.2, 0) is 5.41 Å². The standard InChI is InChI=1S/C56H57N3O/c1-34(2)41-25-43(38-15-12-11-13-16-38)30-47(29-41)59-52-18-14-17-48(53(52)58-55(59)50-32-42(35(3)4)31-49(36(5)6)54(50)60)44-26-45(28-46(27-44)56(8,9)10)51-33-40(23-24-57-51)39-21-19-37(7)20-22-39/h11-36,60H,1-10H3/i7D3,19D,20D,21D,22D,34D. The van der Waals surface area contributed by atoms with Gasteiger partial charge in [-0.3, -0.25) is 9.55 Å². The lowest BCUT2D eigenvalue weighted by Crippen LogP contribution is -2.11. The van der Waals surface area contributed by atoms with Gasteiger partial charge in [0.25, 0.3) is 0 Å². The average Bonchev–Trinajstić information content (AvgIpc) is 3.67. The van der Waals surface area contributed by atoms with Gasteiger partial charge in [0.05, 0.1) is 27.8 Å². The number of benzene rings is 6. The summed E-state index contributed by atoms with van der Waals surface area (Å²) in [6.45, 7) is 15.8. The molecule has 8 aromatic rings. The minimum atomic E-state index is -2.82. The number of rotatable bonds is 9. The molecule has 302 valence electrons. The third kappa shape index (κ3) is 7.91. The number of aromatic hydroxyl groups is 1. The maximum Gasteiger partial charge on any atom is 0.149 e. The molecular weight excluding hydrogens is 731 g/mol. The average molecular weight is 796 g/mol. The predicted molar refractivity (Wildman–Crippen MR) is 253 cm³/mol. The summed E-state index contributed by atoms with van der Waals surface area (Å²) in [6, 6.07) is 34.1. The van der Waals surface area contributed by atoms with Gasteiger partial charge >= 0.3 is 0 Å². The van der Waals surface area contributed by atoms with E-state index < -0.39 is 42.5 Å². The van der Waals surface area contributed by atoms with Crippen LogP contribution in [0, 0.1) is 6.85 Å². The van der Waals surface area contributed by atoms with Crippen LogP contribution >= 0.6 is 0 Å². The molecule has 0 spiro atoms. The van der Waals surface area contributed by atoms with Crippen LogP contribution in [0.25, 0.3) is 72.7 Å². The fourth-order valence-electron chi connectivity index (χ4n) is 7.79. The van der Waals surface area contributed by atoms with Crippen LogP contribution in [0.15, 0.2) is 140 Å². The van der Waals surface area contributed by atoms with E-state index in [-0.39, 0.29) is 28.6 Å². The van der Waals surface area contributed by atoms with Crippen LogP contribution in [0.5, 0.6) is 5.75 Å². The summed E-state index contributed by atoms with van der Waals surface area (Å²) in [6.07, 6.45) is 1.56. The predicted octanol–water partition coefficient (Wildman–Crippen LogP) is 15.4. The number of aromatic nitrogens is 3. The molecule has 0 bridgehead atoms. The molecule has 0 saturated heterocycles. The van der Waals surface area contributed by atoms with Gasteiger partial charge in [0, 0.05) is 28.5 Å². The van der Waals surface area contributed by atoms with Gasteiger partial charge in [-0.2, -0.15) is 0 Å². The Labute approximate surface area is 367 Å². The van der Waals surface area contributed by atoms with Crippen molar-refractivity contribution >= 4 is 11.0 Å². The summed E-state index contributed by atoms with van der Waals surface area (Å²) in [7, 11) is 0. The van der Waals surface area contributed by atoms with E-state index in [9.17, 15) is 6.48 Å². The van der Waals surface area contributed by atoms with Gasteiger partial charge in [-0.25, -0.2) is 4.98 Å². The highest BCUT2D eigenvalue weighted by molar-refractivity contribution is 5.97. The molecule has 0 fully saturated rings. The lowest BCUT2D eigenvalue weighted by molar-refractivity contribution is 0.466. The maximum atomic E-state index is 12.3. The van der Waals surface area contributed by atoms with Gasteiger partial charge in [-0.1, -0.05) is 153 Å². The van der Waals surface area contributed by atoms with E-state index in [1.54, 1.807) is 18.3 Å². The molecule has 2 heterocycles. The summed E-state index contributed by atoms with van der Waals surface area (Å²) < 4.78 is 69.9. The lowest BCUT2D eigenvalue weighted by Gasteiger charge is -2.22. The Morgan fingerprint density at radius 2 is 1.40 bits per heavy atom. The SMILES string of the molecule is [2H]c1c([2H])c(C([2H])([2H])[2H])c([2H])c([2H])c1-c1ccnc(-c2cc(-c3cccc4c3nc(-c3cc(C(C)C)cc(C(C)C)c3O)n4-c3cc(-c4ccccc4)cc(C([2H])(C)C)c3)cc(C(C)(C)C)c2)c1. The highest BCUT2D eigenvalue weighted by Crippen LogP contribution is 2.44. The number of hydrogen-bond donors (Lipinski definition) is 1. The Balaban J connectivity index is 1.42. The summed E-state index contributed by atoms with van der Waals surface area (Å²) in [4.78, 5) is 10.3. The molecule has 4 nitrogen and oxygen atoms in total. The monoisotopic (exact) mass is 796 g/mol. The molecule has 0 aliphatic rings. The molecule has 0 radical (unpaired) electrons. The van der Waals surface area contributed by atoms with Crippen molar-refractivity contribution in [2.45, 2.75) is 92.3 Å². The number of hydrogen-bond acceptors (Lipinski definition) is 3. The minimum absolute atomic E-state index is 0.00889. The van der Waals surface area contributed by atoms with E-state index in [1.165, 1.54) is 0 Å². The van der Waals surface area contributed by atoms with Gasteiger partial charge in [0.2, 0.25) is 0 Å². The van der Waals surface area contributed by atoms with Gasteiger partial charge in [-0.15, -0.1) is 0 Å². The smallest absolute Gasteiger partial charge is 0.149 e. The maximum absolute atomic E-state index is 12.3. The second-order valence-corrected chi connectivity index (χ2v) is 17.6. The largest absolute Gasteiger partial charge is 0.507 e. The molecule has 2 aromatic heterocycles. The van der Waals surface area contributed by atoms with Crippen LogP contribution in [-0.4, -0.2) is 19.6 Å². The first kappa shape index (κ1) is 31.6. The highest BCUT2D eigenvalue weighted by atomic mass is 16.3. The molecule has 0 saturated carbocycles. The minimum Gasteiger partial charge on any atom is -0.507 e. The summed E-state index contributed by atoms with van der Waals surface area (Å²) >= 11 is 0. The first-order valence-corrected chi connectivity index (χ1v) is 20.7. The van der Waals surface area contributed by atoms with Gasteiger partial charge in [0.15, 0.2) is 0 Å². The third-order valence-electron chi connectivity index (χ3n) is 11.3. The van der Waals surface area contributed by atoms with Crippen molar-refractivity contribution in [3.63, 3.8) is 0 Å². The van der Waals surface area contributed by atoms with Crippen molar-refractivity contribution in [1.82, 2.24) is 14.5 Å². The van der Waals surface area contributed by atoms with Crippen LogP contribution in [0.3, 0.4) is 0 Å². The fourth-order valence-corrected chi connectivity index (χ4v) is 7.79. The molecule has 4 heteroatoms. The normalized spacial score (nSPS) is 14.3. The molecule has 8 rings (SSSR count). The molecule has 0 aliphatic carbocycles. The van der Waals surface area contributed by atoms with Gasteiger partial charge in [-0.05, 0) is 129 Å². The van der Waals surface area contributed by atoms with Crippen LogP contribution in [0.2, 0.25) is 0 Å². The first-order valence-electron chi connectivity index (χ1n) is 24.7. The van der Waals surface area contributed by atoms with E-state index >= 15 is 0 Å². The zero-order valence-electron chi connectivity index (χ0n) is 43.9. The number of pyridine rings is 1. The Morgan fingerprint density at radius 3 is 2.08 bits per heavy atom. The van der Waals surface area contributed by atoms with Crippen molar-refractivity contribution in [2.75, 3.05) is 0 Å². The molecule has 1 N–H and O–H groups in total. The topological polar surface area (TPSA) is 50.9 Å². The van der Waals surface area contributed by atoms with Crippen molar-refractivity contribution in [1.29, 1.82) is 0 Å². The number of nitrogens with zero attached hydrogens (tertiary/aromatic N) is 3. The molecular formula is C56H57N3O. The lowest BCUT2D eigenvalue weighted by atomic mass is 9.83. The van der Waals surface area contributed by atoms with Crippen molar-refractivity contribution in [3.05, 3.63) is 167 Å². The molecule has 0 unspecified atom stereocenters. The molecule has 0 atom stereocenters. The van der Waals surface area contributed by atoms with Crippen LogP contribution in [0.4, 0.5) is 0 Å². The number of phenolic OH excluding ortho intramolecular Hbond substituents is 1. The van der Waals surface area contributed by atoms with Crippen molar-refractivity contribution < 1.29 is 16.1 Å². The van der Waals surface area contributed by atoms with E-state index in [0.29, 0.717) is 28.2 Å². The van der Waals surface area contributed by atoms with Crippen molar-refractivity contribution in [2.24, 2.45) is 0 Å². The second-order valence-electron chi connectivity index (χ2n) is 17.6. The molecule has 6 aromatic carbocycles. The number of para-hydroxylation sites is 1.